The van der Waals surface area contributed by atoms with Gasteiger partial charge in [0, 0.05) is 50.5 Å². The van der Waals surface area contributed by atoms with Gasteiger partial charge in [-0.25, -0.2) is 4.98 Å². The minimum atomic E-state index is -0.476. The van der Waals surface area contributed by atoms with Crippen LogP contribution in [0.1, 0.15) is 18.1 Å². The summed E-state index contributed by atoms with van der Waals surface area (Å²) in [5.41, 5.74) is 8.88. The van der Waals surface area contributed by atoms with Gasteiger partial charge in [-0.3, -0.25) is 14.4 Å². The Kier molecular flexibility index (Phi) is 12.0. The van der Waals surface area contributed by atoms with Gasteiger partial charge in [0.15, 0.2) is 0 Å². The summed E-state index contributed by atoms with van der Waals surface area (Å²) in [5.74, 6) is -0.279. The summed E-state index contributed by atoms with van der Waals surface area (Å²) in [5, 5.41) is 8.87. The number of rotatable bonds is 13. The highest BCUT2D eigenvalue weighted by molar-refractivity contribution is 6.38. The van der Waals surface area contributed by atoms with Gasteiger partial charge in [0.05, 0.1) is 35.2 Å². The fraction of sp³-hybridized carbons (Fsp3) is 0.241. The number of hydrogen-bond acceptors (Lipinski definition) is 8. The third kappa shape index (κ3) is 9.10. The molecule has 3 amide bonds. The number of nitrogen functional groups attached to an aromatic ring is 1. The minimum absolute atomic E-state index is 0.00143. The average molecular weight is 616 g/mol. The first kappa shape index (κ1) is 32.2. The Bertz CT molecular complexity index is 1450. The largest absolute Gasteiger partial charge is 0.487 e. The lowest BCUT2D eigenvalue weighted by Crippen LogP contribution is -2.37. The van der Waals surface area contributed by atoms with Crippen molar-refractivity contribution in [2.45, 2.75) is 13.5 Å². The van der Waals surface area contributed by atoms with Crippen LogP contribution in [-0.2, 0) is 25.7 Å². The van der Waals surface area contributed by atoms with Gasteiger partial charge in [-0.15, -0.1) is 0 Å². The van der Waals surface area contributed by atoms with Crippen molar-refractivity contribution in [1.29, 1.82) is 0 Å². The van der Waals surface area contributed by atoms with Crippen LogP contribution in [0, 0.1) is 0 Å². The van der Waals surface area contributed by atoms with Gasteiger partial charge < -0.3 is 36.1 Å². The number of para-hydroxylation sites is 1. The average Bonchev–Trinajstić information content (AvgIpc) is 2.96. The van der Waals surface area contributed by atoms with Crippen LogP contribution < -0.4 is 31.3 Å². The molecular weight excluding hydrogens is 583 g/mol. The van der Waals surface area contributed by atoms with Gasteiger partial charge in [0.1, 0.15) is 18.2 Å². The van der Waals surface area contributed by atoms with E-state index in [1.165, 1.54) is 30.2 Å². The van der Waals surface area contributed by atoms with Gasteiger partial charge in [-0.1, -0.05) is 29.3 Å². The summed E-state index contributed by atoms with van der Waals surface area (Å²) in [6.07, 6.45) is 4.32. The molecule has 0 aliphatic heterocycles. The molecule has 0 atom stereocenters. The number of nitrogens with one attached hydrogen (secondary N) is 3. The first-order valence-electron chi connectivity index (χ1n) is 12.8. The molecule has 0 bridgehead atoms. The van der Waals surface area contributed by atoms with E-state index >= 15 is 0 Å². The Morgan fingerprint density at radius 1 is 1.12 bits per heavy atom. The number of benzene rings is 2. The summed E-state index contributed by atoms with van der Waals surface area (Å²) in [6.45, 7) is 2.20. The van der Waals surface area contributed by atoms with Crippen molar-refractivity contribution >= 4 is 69.9 Å². The topological polar surface area (TPSA) is 148 Å². The molecule has 13 heteroatoms. The van der Waals surface area contributed by atoms with E-state index in [9.17, 15) is 14.4 Å². The molecule has 2 aromatic carbocycles. The van der Waals surface area contributed by atoms with E-state index in [1.807, 2.05) is 6.07 Å². The van der Waals surface area contributed by atoms with Crippen LogP contribution >= 0.6 is 23.2 Å². The molecular formula is C29H32Cl2N6O5. The van der Waals surface area contributed by atoms with Gasteiger partial charge in [0.25, 0.3) is 0 Å². The molecule has 0 saturated carbocycles. The van der Waals surface area contributed by atoms with E-state index in [1.54, 1.807) is 50.6 Å². The zero-order chi connectivity index (χ0) is 30.6. The molecule has 0 radical (unpaired) electrons. The number of pyridine rings is 1. The van der Waals surface area contributed by atoms with Crippen LogP contribution in [0.2, 0.25) is 10.0 Å². The van der Waals surface area contributed by atoms with Crippen LogP contribution in [0.5, 0.6) is 5.75 Å². The quantitative estimate of drug-likeness (QED) is 0.126. The number of nitrogens with zero attached hydrogens (tertiary/aromatic N) is 2. The minimum Gasteiger partial charge on any atom is -0.487 e. The standard InChI is InChI=1S/C29H32Cl2N6O5/c1-18(38)36-25-11-7-19(15-34-25)8-12-26(39)35-16-27(40)37(2)23-10-9-21(30)20(28(23)31)17-42-24-6-4-5-22(29(24)32)33-13-14-41-3/h4-12,15,33H,13-14,16-17,32H2,1-3H3,(H,35,39)(H,34,36,38). The lowest BCUT2D eigenvalue weighted by Gasteiger charge is -2.21. The lowest BCUT2D eigenvalue weighted by atomic mass is 10.2. The van der Waals surface area contributed by atoms with E-state index < -0.39 is 11.8 Å². The number of anilines is 4. The molecule has 3 aromatic rings. The maximum atomic E-state index is 12.9. The zero-order valence-corrected chi connectivity index (χ0v) is 24.9. The molecule has 0 aliphatic carbocycles. The number of ether oxygens (including phenoxy) is 2. The molecule has 0 unspecified atom stereocenters. The van der Waals surface area contributed by atoms with Crippen molar-refractivity contribution < 1.29 is 23.9 Å². The molecule has 0 fully saturated rings. The summed E-state index contributed by atoms with van der Waals surface area (Å²) in [7, 11) is 3.16. The van der Waals surface area contributed by atoms with Gasteiger partial charge in [-0.2, -0.15) is 0 Å². The molecule has 0 spiro atoms. The maximum absolute atomic E-state index is 12.9. The SMILES string of the molecule is COCCNc1cccc(OCc2c(Cl)ccc(N(C)C(=O)CNC(=O)C=Cc3ccc(NC(C)=O)nc3)c2Cl)c1N. The fourth-order valence-electron chi connectivity index (χ4n) is 3.64. The molecule has 0 aliphatic rings. The van der Waals surface area contributed by atoms with Crippen LogP contribution in [0.15, 0.2) is 54.7 Å². The number of amides is 3. The highest BCUT2D eigenvalue weighted by atomic mass is 35.5. The number of likely N-dealkylation sites (N-methyl/N-ethyl adjacent to an activating group) is 1. The number of carbonyl (C=O) groups is 3. The molecule has 42 heavy (non-hydrogen) atoms. The van der Waals surface area contributed by atoms with Crippen LogP contribution in [-0.4, -0.2) is 56.6 Å². The molecule has 1 heterocycles. The Labute approximate surface area is 254 Å². The normalized spacial score (nSPS) is 10.8. The first-order valence-corrected chi connectivity index (χ1v) is 13.5. The summed E-state index contributed by atoms with van der Waals surface area (Å²) < 4.78 is 11.0. The molecule has 11 nitrogen and oxygen atoms in total. The fourth-order valence-corrected chi connectivity index (χ4v) is 4.25. The molecule has 0 saturated heterocycles. The van der Waals surface area contributed by atoms with E-state index in [-0.39, 0.29) is 24.1 Å². The van der Waals surface area contributed by atoms with Gasteiger partial charge >= 0.3 is 0 Å². The van der Waals surface area contributed by atoms with Crippen molar-refractivity contribution in [2.75, 3.05) is 55.1 Å². The second-order valence-corrected chi connectivity index (χ2v) is 9.73. The smallest absolute Gasteiger partial charge is 0.246 e. The second kappa shape index (κ2) is 15.6. The number of nitrogens with two attached hydrogens (primary N) is 1. The van der Waals surface area contributed by atoms with Crippen LogP contribution in [0.4, 0.5) is 22.9 Å². The zero-order valence-electron chi connectivity index (χ0n) is 23.4. The lowest BCUT2D eigenvalue weighted by molar-refractivity contribution is -0.122. The van der Waals surface area contributed by atoms with E-state index in [0.29, 0.717) is 57.9 Å². The molecule has 1 aromatic heterocycles. The van der Waals surface area contributed by atoms with Gasteiger partial charge in [-0.05, 0) is 48.0 Å². The number of aromatic nitrogens is 1. The van der Waals surface area contributed by atoms with E-state index in [0.717, 1.165) is 0 Å². The summed E-state index contributed by atoms with van der Waals surface area (Å²) >= 11 is 13.1. The third-order valence-electron chi connectivity index (χ3n) is 5.89. The molecule has 222 valence electrons. The Morgan fingerprint density at radius 2 is 1.90 bits per heavy atom. The summed E-state index contributed by atoms with van der Waals surface area (Å²) in [4.78, 5) is 41.6. The van der Waals surface area contributed by atoms with Crippen LogP contribution in [0.3, 0.4) is 0 Å². The number of carbonyl (C=O) groups excluding carboxylic acids is 3. The maximum Gasteiger partial charge on any atom is 0.246 e. The highest BCUT2D eigenvalue weighted by Crippen LogP contribution is 2.36. The van der Waals surface area contributed by atoms with Crippen molar-refractivity contribution in [3.05, 3.63) is 75.9 Å². The van der Waals surface area contributed by atoms with E-state index in [2.05, 4.69) is 20.9 Å². The van der Waals surface area contributed by atoms with Crippen molar-refractivity contribution in [1.82, 2.24) is 10.3 Å². The Hall–Kier alpha value is -4.32. The van der Waals surface area contributed by atoms with E-state index in [4.69, 9.17) is 38.4 Å². The highest BCUT2D eigenvalue weighted by Gasteiger charge is 2.19. The number of halogens is 2. The first-order chi connectivity index (χ1) is 20.1. The molecule has 3 rings (SSSR count). The predicted molar refractivity (Wildman–Crippen MR) is 166 cm³/mol. The van der Waals surface area contributed by atoms with Crippen LogP contribution in [0.25, 0.3) is 6.08 Å². The second-order valence-electron chi connectivity index (χ2n) is 8.95. The number of methoxy groups -OCH3 is 1. The van der Waals surface area contributed by atoms with Crippen molar-refractivity contribution in [2.24, 2.45) is 0 Å². The number of hydrogen-bond donors (Lipinski definition) is 4. The van der Waals surface area contributed by atoms with Crippen molar-refractivity contribution in [3.63, 3.8) is 0 Å². The third-order valence-corrected chi connectivity index (χ3v) is 6.67. The summed E-state index contributed by atoms with van der Waals surface area (Å²) in [6, 6.07) is 11.9. The molecule has 5 N–H and O–H groups in total. The van der Waals surface area contributed by atoms with Gasteiger partial charge in [0.2, 0.25) is 17.7 Å². The Morgan fingerprint density at radius 3 is 2.60 bits per heavy atom. The Balaban J connectivity index is 1.60. The predicted octanol–water partition coefficient (Wildman–Crippen LogP) is 4.36. The van der Waals surface area contributed by atoms with Crippen molar-refractivity contribution in [3.8, 4) is 5.75 Å². The monoisotopic (exact) mass is 614 g/mol.